The first-order valence-electron chi connectivity index (χ1n) is 7.97. The molecule has 2 aromatic carbocycles. The van der Waals surface area contributed by atoms with Gasteiger partial charge in [-0.1, -0.05) is 6.07 Å². The second kappa shape index (κ2) is 8.54. The second-order valence-corrected chi connectivity index (χ2v) is 5.83. The first kappa shape index (κ1) is 19.5. The molecule has 0 aliphatic heterocycles. The Balaban J connectivity index is 2.25. The zero-order chi connectivity index (χ0) is 20.0. The number of rotatable bonds is 6. The quantitative estimate of drug-likeness (QED) is 0.603. The van der Waals surface area contributed by atoms with Crippen molar-refractivity contribution in [1.82, 2.24) is 0 Å². The van der Waals surface area contributed by atoms with Crippen molar-refractivity contribution in [3.8, 4) is 11.8 Å². The highest BCUT2D eigenvalue weighted by Crippen LogP contribution is 2.22. The van der Waals surface area contributed by atoms with Gasteiger partial charge in [0, 0.05) is 25.5 Å². The molecule has 0 radical (unpaired) electrons. The Morgan fingerprint density at radius 3 is 2.37 bits per heavy atom. The van der Waals surface area contributed by atoms with Crippen LogP contribution in [0.2, 0.25) is 0 Å². The first-order valence-corrected chi connectivity index (χ1v) is 7.97. The monoisotopic (exact) mass is 365 g/mol. The van der Waals surface area contributed by atoms with Crippen LogP contribution in [-0.4, -0.2) is 38.2 Å². The van der Waals surface area contributed by atoms with Crippen molar-refractivity contribution in [2.75, 3.05) is 31.4 Å². The predicted molar refractivity (Wildman–Crippen MR) is 103 cm³/mol. The van der Waals surface area contributed by atoms with E-state index in [0.29, 0.717) is 11.3 Å². The summed E-state index contributed by atoms with van der Waals surface area (Å²) in [5.74, 6) is -1.54. The van der Waals surface area contributed by atoms with Crippen LogP contribution in [0, 0.1) is 11.3 Å². The number of carbonyl (C=O) groups excluding carboxylic acids is 1. The Morgan fingerprint density at radius 1 is 1.19 bits per heavy atom. The van der Waals surface area contributed by atoms with Gasteiger partial charge in [0.05, 0.1) is 7.11 Å². The second-order valence-electron chi connectivity index (χ2n) is 5.83. The van der Waals surface area contributed by atoms with Gasteiger partial charge in [0.2, 0.25) is 0 Å². The van der Waals surface area contributed by atoms with E-state index in [0.717, 1.165) is 5.69 Å². The average molecular weight is 365 g/mol. The fourth-order valence-electron chi connectivity index (χ4n) is 2.34. The molecular formula is C20H19N3O4. The van der Waals surface area contributed by atoms with Crippen LogP contribution in [0.15, 0.2) is 48.0 Å². The molecule has 0 bridgehead atoms. The van der Waals surface area contributed by atoms with Crippen molar-refractivity contribution in [2.24, 2.45) is 0 Å². The van der Waals surface area contributed by atoms with Crippen LogP contribution in [0.25, 0.3) is 6.08 Å². The van der Waals surface area contributed by atoms with Crippen LogP contribution in [0.1, 0.15) is 15.9 Å². The average Bonchev–Trinajstić information content (AvgIpc) is 2.66. The van der Waals surface area contributed by atoms with Crippen molar-refractivity contribution in [2.45, 2.75) is 0 Å². The van der Waals surface area contributed by atoms with Gasteiger partial charge in [-0.25, -0.2) is 4.79 Å². The smallest absolute Gasteiger partial charge is 0.339 e. The lowest BCUT2D eigenvalue weighted by molar-refractivity contribution is -0.112. The summed E-state index contributed by atoms with van der Waals surface area (Å²) in [6, 6.07) is 13.4. The lowest BCUT2D eigenvalue weighted by Crippen LogP contribution is -2.14. The zero-order valence-corrected chi connectivity index (χ0v) is 15.2. The van der Waals surface area contributed by atoms with Crippen molar-refractivity contribution in [1.29, 1.82) is 5.26 Å². The molecule has 0 aliphatic carbocycles. The fraction of sp³-hybridized carbons (Fsp3) is 0.150. The third-order valence-corrected chi connectivity index (χ3v) is 3.77. The third kappa shape index (κ3) is 4.86. The molecule has 0 aromatic heterocycles. The maximum atomic E-state index is 12.4. The van der Waals surface area contributed by atoms with Crippen LogP contribution in [-0.2, 0) is 4.79 Å². The lowest BCUT2D eigenvalue weighted by atomic mass is 10.1. The summed E-state index contributed by atoms with van der Waals surface area (Å²) < 4.78 is 5.00. The SMILES string of the molecule is COc1ccc(/C=C(/C#N)C(=O)Nc2ccc(N(C)C)cc2)cc1C(=O)O. The van der Waals surface area contributed by atoms with Crippen molar-refractivity contribution in [3.05, 3.63) is 59.2 Å². The van der Waals surface area contributed by atoms with Crippen molar-refractivity contribution >= 4 is 29.3 Å². The zero-order valence-electron chi connectivity index (χ0n) is 15.2. The Morgan fingerprint density at radius 2 is 1.85 bits per heavy atom. The minimum atomic E-state index is -1.16. The molecule has 0 heterocycles. The Labute approximate surface area is 157 Å². The van der Waals surface area contributed by atoms with Crippen LogP contribution >= 0.6 is 0 Å². The molecule has 0 aliphatic rings. The van der Waals surface area contributed by atoms with E-state index in [1.54, 1.807) is 18.2 Å². The van der Waals surface area contributed by atoms with E-state index in [2.05, 4.69) is 5.32 Å². The van der Waals surface area contributed by atoms with E-state index in [-0.39, 0.29) is 16.9 Å². The molecule has 0 saturated heterocycles. The molecule has 0 saturated carbocycles. The molecule has 1 amide bonds. The highest BCUT2D eigenvalue weighted by atomic mass is 16.5. The molecule has 0 spiro atoms. The van der Waals surface area contributed by atoms with Crippen LogP contribution in [0.5, 0.6) is 5.75 Å². The number of nitrogens with one attached hydrogen (secondary N) is 1. The number of hydrogen-bond acceptors (Lipinski definition) is 5. The maximum absolute atomic E-state index is 12.4. The molecule has 2 rings (SSSR count). The first-order chi connectivity index (χ1) is 12.8. The summed E-state index contributed by atoms with van der Waals surface area (Å²) in [5.41, 5.74) is 1.73. The minimum absolute atomic E-state index is 0.0526. The molecule has 7 nitrogen and oxygen atoms in total. The van der Waals surface area contributed by atoms with E-state index < -0.39 is 11.9 Å². The summed E-state index contributed by atoms with van der Waals surface area (Å²) in [6.07, 6.45) is 1.33. The number of amides is 1. The number of hydrogen-bond donors (Lipinski definition) is 2. The summed E-state index contributed by atoms with van der Waals surface area (Å²) in [6.45, 7) is 0. The van der Waals surface area contributed by atoms with Gasteiger partial charge in [0.25, 0.3) is 5.91 Å². The number of methoxy groups -OCH3 is 1. The molecule has 2 aromatic rings. The van der Waals surface area contributed by atoms with Gasteiger partial charge in [-0.05, 0) is 48.0 Å². The maximum Gasteiger partial charge on any atom is 0.339 e. The number of benzene rings is 2. The lowest BCUT2D eigenvalue weighted by Gasteiger charge is -2.13. The Hall–Kier alpha value is -3.79. The topological polar surface area (TPSA) is 103 Å². The standard InChI is InChI=1S/C20H19N3O4/c1-23(2)16-7-5-15(6-8-16)22-19(24)14(12-21)10-13-4-9-18(27-3)17(11-13)20(25)26/h4-11H,1-3H3,(H,22,24)(H,25,26)/b14-10-. The van der Waals surface area contributed by atoms with Gasteiger partial charge < -0.3 is 20.1 Å². The minimum Gasteiger partial charge on any atom is -0.496 e. The Bertz CT molecular complexity index is 925. The molecule has 0 atom stereocenters. The highest BCUT2D eigenvalue weighted by Gasteiger charge is 2.13. The summed E-state index contributed by atoms with van der Waals surface area (Å²) in [5, 5.41) is 21.2. The third-order valence-electron chi connectivity index (χ3n) is 3.77. The largest absolute Gasteiger partial charge is 0.496 e. The Kier molecular flexibility index (Phi) is 6.18. The highest BCUT2D eigenvalue weighted by molar-refractivity contribution is 6.09. The molecule has 138 valence electrons. The van der Waals surface area contributed by atoms with Crippen LogP contribution in [0.3, 0.4) is 0 Å². The molecule has 0 fully saturated rings. The number of nitrogens with zero attached hydrogens (tertiary/aromatic N) is 2. The van der Waals surface area contributed by atoms with Gasteiger partial charge in [0.1, 0.15) is 23.0 Å². The number of anilines is 2. The number of ether oxygens (including phenoxy) is 1. The number of carbonyl (C=O) groups is 2. The predicted octanol–water partition coefficient (Wildman–Crippen LogP) is 3.01. The van der Waals surface area contributed by atoms with Crippen molar-refractivity contribution in [3.63, 3.8) is 0 Å². The summed E-state index contributed by atoms with van der Waals surface area (Å²) in [7, 11) is 5.18. The molecule has 0 unspecified atom stereocenters. The fourth-order valence-corrected chi connectivity index (χ4v) is 2.34. The van der Waals surface area contributed by atoms with Gasteiger partial charge in [-0.3, -0.25) is 4.79 Å². The van der Waals surface area contributed by atoms with E-state index in [4.69, 9.17) is 4.74 Å². The van der Waals surface area contributed by atoms with Crippen molar-refractivity contribution < 1.29 is 19.4 Å². The van der Waals surface area contributed by atoms with Gasteiger partial charge in [-0.15, -0.1) is 0 Å². The number of carboxylic acid groups (broad SMARTS) is 1. The van der Waals surface area contributed by atoms with E-state index >= 15 is 0 Å². The number of carboxylic acids is 1. The molecule has 7 heteroatoms. The molecular weight excluding hydrogens is 346 g/mol. The number of aromatic carboxylic acids is 1. The molecule has 27 heavy (non-hydrogen) atoms. The summed E-state index contributed by atoms with van der Waals surface area (Å²) >= 11 is 0. The van der Waals surface area contributed by atoms with Gasteiger partial charge in [0.15, 0.2) is 0 Å². The van der Waals surface area contributed by atoms with Gasteiger partial charge in [-0.2, -0.15) is 5.26 Å². The normalized spacial score (nSPS) is 10.7. The van der Waals surface area contributed by atoms with E-state index in [9.17, 15) is 20.0 Å². The summed E-state index contributed by atoms with van der Waals surface area (Å²) in [4.78, 5) is 25.6. The number of nitriles is 1. The molecule has 2 N–H and O–H groups in total. The van der Waals surface area contributed by atoms with Gasteiger partial charge >= 0.3 is 5.97 Å². The van der Waals surface area contributed by atoms with Crippen LogP contribution < -0.4 is 15.0 Å². The van der Waals surface area contributed by atoms with E-state index in [1.807, 2.05) is 37.2 Å². The van der Waals surface area contributed by atoms with Crippen LogP contribution in [0.4, 0.5) is 11.4 Å². The van der Waals surface area contributed by atoms with E-state index in [1.165, 1.54) is 25.3 Å².